The fourth-order valence-electron chi connectivity index (χ4n) is 1.92. The lowest BCUT2D eigenvalue weighted by atomic mass is 10.1. The van der Waals surface area contributed by atoms with Crippen LogP contribution in [0.15, 0.2) is 24.3 Å². The monoisotopic (exact) mass is 265 g/mol. The lowest BCUT2D eigenvalue weighted by Gasteiger charge is -2.24. The van der Waals surface area contributed by atoms with Crippen molar-refractivity contribution < 1.29 is 14.6 Å². The molecule has 106 valence electrons. The molecule has 1 rings (SSSR count). The van der Waals surface area contributed by atoms with Gasteiger partial charge in [-0.15, -0.1) is 0 Å². The number of rotatable bonds is 8. The molecule has 0 bridgehead atoms. The van der Waals surface area contributed by atoms with Crippen LogP contribution in [0.2, 0.25) is 0 Å². The first kappa shape index (κ1) is 15.5. The summed E-state index contributed by atoms with van der Waals surface area (Å²) >= 11 is 0. The van der Waals surface area contributed by atoms with Crippen molar-refractivity contribution in [2.24, 2.45) is 0 Å². The minimum Gasteiger partial charge on any atom is -0.494 e. The van der Waals surface area contributed by atoms with E-state index >= 15 is 0 Å². The topological polar surface area (TPSA) is 49.8 Å². The predicted octanol–water partition coefficient (Wildman–Crippen LogP) is 2.42. The lowest BCUT2D eigenvalue weighted by molar-refractivity contribution is -0.137. The van der Waals surface area contributed by atoms with E-state index in [9.17, 15) is 4.79 Å². The molecule has 1 aromatic rings. The van der Waals surface area contributed by atoms with Crippen LogP contribution in [0, 0.1) is 0 Å². The molecule has 1 unspecified atom stereocenters. The molecule has 0 heterocycles. The molecule has 0 fully saturated rings. The van der Waals surface area contributed by atoms with Crippen molar-refractivity contribution >= 4 is 5.97 Å². The zero-order valence-corrected chi connectivity index (χ0v) is 11.9. The number of nitrogens with zero attached hydrogens (tertiary/aromatic N) is 1. The summed E-state index contributed by atoms with van der Waals surface area (Å²) < 4.78 is 5.48. The van der Waals surface area contributed by atoms with E-state index in [2.05, 4.69) is 17.9 Å². The van der Waals surface area contributed by atoms with E-state index in [0.29, 0.717) is 19.2 Å². The van der Waals surface area contributed by atoms with E-state index < -0.39 is 5.97 Å². The van der Waals surface area contributed by atoms with E-state index in [1.54, 1.807) is 0 Å². The van der Waals surface area contributed by atoms with Crippen molar-refractivity contribution in [1.29, 1.82) is 0 Å². The third-order valence-corrected chi connectivity index (χ3v) is 3.17. The highest BCUT2D eigenvalue weighted by molar-refractivity contribution is 5.66. The SMILES string of the molecule is CCOc1cccc(CC(C)N(C)CCC(=O)O)c1. The molecule has 0 spiro atoms. The zero-order chi connectivity index (χ0) is 14.3. The maximum absolute atomic E-state index is 10.6. The summed E-state index contributed by atoms with van der Waals surface area (Å²) in [7, 11) is 1.96. The Labute approximate surface area is 115 Å². The number of ether oxygens (including phenoxy) is 1. The molecule has 1 N–H and O–H groups in total. The second kappa shape index (κ2) is 7.79. The van der Waals surface area contributed by atoms with Crippen molar-refractivity contribution in [3.05, 3.63) is 29.8 Å². The van der Waals surface area contributed by atoms with Crippen LogP contribution >= 0.6 is 0 Å². The molecule has 19 heavy (non-hydrogen) atoms. The van der Waals surface area contributed by atoms with Gasteiger partial charge in [0, 0.05) is 12.6 Å². The van der Waals surface area contributed by atoms with Gasteiger partial charge in [0.15, 0.2) is 0 Å². The number of likely N-dealkylation sites (N-methyl/N-ethyl adjacent to an activating group) is 1. The molecule has 0 saturated heterocycles. The van der Waals surface area contributed by atoms with Gasteiger partial charge in [-0.3, -0.25) is 4.79 Å². The van der Waals surface area contributed by atoms with Gasteiger partial charge in [-0.1, -0.05) is 12.1 Å². The number of carboxylic acid groups (broad SMARTS) is 1. The Kier molecular flexibility index (Phi) is 6.36. The molecule has 0 saturated carbocycles. The Bertz CT molecular complexity index is 406. The fourth-order valence-corrected chi connectivity index (χ4v) is 1.92. The Morgan fingerprint density at radius 3 is 2.84 bits per heavy atom. The third kappa shape index (κ3) is 5.75. The van der Waals surface area contributed by atoms with Crippen molar-refractivity contribution in [1.82, 2.24) is 4.90 Å². The van der Waals surface area contributed by atoms with E-state index in [4.69, 9.17) is 9.84 Å². The fraction of sp³-hybridized carbons (Fsp3) is 0.533. The number of carboxylic acids is 1. The third-order valence-electron chi connectivity index (χ3n) is 3.17. The van der Waals surface area contributed by atoms with Gasteiger partial charge in [0.05, 0.1) is 13.0 Å². The molecule has 0 radical (unpaired) electrons. The first-order valence-corrected chi connectivity index (χ1v) is 6.66. The zero-order valence-electron chi connectivity index (χ0n) is 11.9. The highest BCUT2D eigenvalue weighted by Gasteiger charge is 2.11. The van der Waals surface area contributed by atoms with Crippen molar-refractivity contribution in [2.45, 2.75) is 32.7 Å². The summed E-state index contributed by atoms with van der Waals surface area (Å²) in [6.45, 7) is 5.31. The maximum Gasteiger partial charge on any atom is 0.304 e. The first-order valence-electron chi connectivity index (χ1n) is 6.66. The number of hydrogen-bond donors (Lipinski definition) is 1. The van der Waals surface area contributed by atoms with Crippen LogP contribution in [0.4, 0.5) is 0 Å². The van der Waals surface area contributed by atoms with Crippen molar-refractivity contribution in [3.63, 3.8) is 0 Å². The van der Waals surface area contributed by atoms with E-state index in [1.165, 1.54) is 5.56 Å². The normalized spacial score (nSPS) is 12.4. The van der Waals surface area contributed by atoms with Gasteiger partial charge in [0.1, 0.15) is 5.75 Å². The maximum atomic E-state index is 10.6. The highest BCUT2D eigenvalue weighted by Crippen LogP contribution is 2.16. The molecule has 4 heteroatoms. The summed E-state index contributed by atoms with van der Waals surface area (Å²) in [6, 6.07) is 8.36. The molecular formula is C15H23NO3. The number of aliphatic carboxylic acids is 1. The van der Waals surface area contributed by atoms with Crippen LogP contribution in [-0.2, 0) is 11.2 Å². The number of hydrogen-bond acceptors (Lipinski definition) is 3. The van der Waals surface area contributed by atoms with Crippen LogP contribution in [0.5, 0.6) is 5.75 Å². The molecule has 4 nitrogen and oxygen atoms in total. The first-order chi connectivity index (χ1) is 9.02. The van der Waals surface area contributed by atoms with Crippen molar-refractivity contribution in [3.8, 4) is 5.75 Å². The number of benzene rings is 1. The molecule has 0 aliphatic rings. The average Bonchev–Trinajstić information content (AvgIpc) is 2.36. The Balaban J connectivity index is 2.53. The van der Waals surface area contributed by atoms with Gasteiger partial charge >= 0.3 is 5.97 Å². The van der Waals surface area contributed by atoms with Gasteiger partial charge in [-0.2, -0.15) is 0 Å². The van der Waals surface area contributed by atoms with Gasteiger partial charge in [0.25, 0.3) is 0 Å². The molecule has 0 amide bonds. The Hall–Kier alpha value is -1.55. The molecule has 0 aliphatic carbocycles. The second-order valence-corrected chi connectivity index (χ2v) is 4.76. The van der Waals surface area contributed by atoms with Gasteiger partial charge in [0.2, 0.25) is 0 Å². The molecule has 0 aromatic heterocycles. The van der Waals surface area contributed by atoms with Crippen LogP contribution in [-0.4, -0.2) is 42.2 Å². The summed E-state index contributed by atoms with van der Waals surface area (Å²) in [4.78, 5) is 12.6. The van der Waals surface area contributed by atoms with E-state index in [0.717, 1.165) is 12.2 Å². The highest BCUT2D eigenvalue weighted by atomic mass is 16.5. The van der Waals surface area contributed by atoms with Crippen LogP contribution in [0.1, 0.15) is 25.8 Å². The second-order valence-electron chi connectivity index (χ2n) is 4.76. The smallest absolute Gasteiger partial charge is 0.304 e. The lowest BCUT2D eigenvalue weighted by Crippen LogP contribution is -2.32. The Morgan fingerprint density at radius 2 is 2.21 bits per heavy atom. The minimum absolute atomic E-state index is 0.180. The number of carbonyl (C=O) groups is 1. The minimum atomic E-state index is -0.752. The van der Waals surface area contributed by atoms with Crippen LogP contribution in [0.3, 0.4) is 0 Å². The van der Waals surface area contributed by atoms with E-state index in [1.807, 2.05) is 32.2 Å². The quantitative estimate of drug-likeness (QED) is 0.784. The van der Waals surface area contributed by atoms with Gasteiger partial charge in [-0.25, -0.2) is 0 Å². The molecule has 0 aliphatic heterocycles. The van der Waals surface area contributed by atoms with Crippen molar-refractivity contribution in [2.75, 3.05) is 20.2 Å². The molecule has 1 atom stereocenters. The standard InChI is InChI=1S/C15H23NO3/c1-4-19-14-7-5-6-13(11-14)10-12(2)16(3)9-8-15(17)18/h5-7,11-12H,4,8-10H2,1-3H3,(H,17,18). The van der Waals surface area contributed by atoms with Gasteiger partial charge in [-0.05, 0) is 45.0 Å². The molecular weight excluding hydrogens is 242 g/mol. The molecule has 1 aromatic carbocycles. The van der Waals surface area contributed by atoms with E-state index in [-0.39, 0.29) is 6.42 Å². The average molecular weight is 265 g/mol. The Morgan fingerprint density at radius 1 is 1.47 bits per heavy atom. The summed E-state index contributed by atoms with van der Waals surface area (Å²) in [5.74, 6) is 0.137. The van der Waals surface area contributed by atoms with Crippen LogP contribution < -0.4 is 4.74 Å². The summed E-state index contributed by atoms with van der Waals surface area (Å²) in [5, 5.41) is 8.69. The summed E-state index contributed by atoms with van der Waals surface area (Å²) in [5.41, 5.74) is 1.21. The predicted molar refractivity (Wildman–Crippen MR) is 75.7 cm³/mol. The largest absolute Gasteiger partial charge is 0.494 e. The van der Waals surface area contributed by atoms with Gasteiger partial charge < -0.3 is 14.7 Å². The van der Waals surface area contributed by atoms with Crippen LogP contribution in [0.25, 0.3) is 0 Å². The summed E-state index contributed by atoms with van der Waals surface area (Å²) in [6.07, 6.45) is 1.07.